The molecule has 0 N–H and O–H groups in total. The minimum atomic E-state index is 0.101. The Kier molecular flexibility index (Phi) is 2.98. The number of benzene rings is 1. The van der Waals surface area contributed by atoms with Gasteiger partial charge in [0, 0.05) is 22.8 Å². The van der Waals surface area contributed by atoms with Crippen molar-refractivity contribution in [2.24, 2.45) is 5.92 Å². The molecule has 0 heterocycles. The van der Waals surface area contributed by atoms with Crippen LogP contribution in [0.2, 0.25) is 0 Å². The molecule has 0 saturated carbocycles. The highest BCUT2D eigenvalue weighted by atomic mass is 32.1. The third-order valence-corrected chi connectivity index (χ3v) is 4.26. The quantitative estimate of drug-likeness (QED) is 0.714. The Labute approximate surface area is 119 Å². The first kappa shape index (κ1) is 12.5. The molecular formula is C17H16OS. The molecule has 19 heavy (non-hydrogen) atoms. The summed E-state index contributed by atoms with van der Waals surface area (Å²) in [5.41, 5.74) is 5.39. The summed E-state index contributed by atoms with van der Waals surface area (Å²) in [5.74, 6) is 0.368. The third kappa shape index (κ3) is 2.00. The van der Waals surface area contributed by atoms with Crippen molar-refractivity contribution in [3.8, 4) is 0 Å². The second-order valence-corrected chi connectivity index (χ2v) is 5.94. The Morgan fingerprint density at radius 3 is 2.84 bits per heavy atom. The van der Waals surface area contributed by atoms with Crippen molar-refractivity contribution in [3.05, 3.63) is 52.6 Å². The van der Waals surface area contributed by atoms with Gasteiger partial charge in [-0.05, 0) is 30.0 Å². The summed E-state index contributed by atoms with van der Waals surface area (Å²) in [6, 6.07) is 4.24. The fourth-order valence-corrected chi connectivity index (χ4v) is 3.25. The van der Waals surface area contributed by atoms with Gasteiger partial charge in [0.25, 0.3) is 0 Å². The van der Waals surface area contributed by atoms with Gasteiger partial charge in [-0.25, -0.2) is 0 Å². The van der Waals surface area contributed by atoms with E-state index in [1.807, 2.05) is 19.1 Å². The molecule has 0 aromatic heterocycles. The van der Waals surface area contributed by atoms with E-state index >= 15 is 0 Å². The molecule has 2 aliphatic rings. The van der Waals surface area contributed by atoms with Crippen molar-refractivity contribution < 1.29 is 4.79 Å². The smallest absolute Gasteiger partial charge is 0.166 e. The maximum Gasteiger partial charge on any atom is 0.166 e. The molecule has 0 radical (unpaired) electrons. The van der Waals surface area contributed by atoms with E-state index in [-0.39, 0.29) is 11.7 Å². The van der Waals surface area contributed by atoms with Crippen LogP contribution in [0.3, 0.4) is 0 Å². The minimum Gasteiger partial charge on any atom is -0.294 e. The van der Waals surface area contributed by atoms with Crippen molar-refractivity contribution in [2.45, 2.75) is 26.7 Å². The van der Waals surface area contributed by atoms with Crippen molar-refractivity contribution in [1.82, 2.24) is 0 Å². The van der Waals surface area contributed by atoms with Crippen molar-refractivity contribution in [2.75, 3.05) is 0 Å². The molecule has 2 aliphatic carbocycles. The number of fused-ring (bicyclic) bond motifs is 1. The highest BCUT2D eigenvalue weighted by Crippen LogP contribution is 2.35. The number of carbonyl (C=O) groups is 1. The van der Waals surface area contributed by atoms with Crippen LogP contribution >= 0.6 is 12.2 Å². The van der Waals surface area contributed by atoms with E-state index in [4.69, 9.17) is 12.2 Å². The van der Waals surface area contributed by atoms with E-state index in [1.54, 1.807) is 0 Å². The van der Waals surface area contributed by atoms with Crippen LogP contribution in [0.4, 0.5) is 0 Å². The normalized spacial score (nSPS) is 21.6. The average molecular weight is 268 g/mol. The van der Waals surface area contributed by atoms with Gasteiger partial charge < -0.3 is 0 Å². The maximum atomic E-state index is 12.4. The molecule has 2 heteroatoms. The molecule has 3 rings (SSSR count). The molecule has 0 aliphatic heterocycles. The lowest BCUT2D eigenvalue weighted by Crippen LogP contribution is -2.09. The summed E-state index contributed by atoms with van der Waals surface area (Å²) in [5, 5.41) is 0. The van der Waals surface area contributed by atoms with Crippen molar-refractivity contribution in [1.29, 1.82) is 0 Å². The minimum absolute atomic E-state index is 0.101. The predicted molar refractivity (Wildman–Crippen MR) is 82.7 cm³/mol. The molecule has 0 bridgehead atoms. The first-order valence-corrected chi connectivity index (χ1v) is 7.07. The summed E-state index contributed by atoms with van der Waals surface area (Å²) in [7, 11) is 0. The summed E-state index contributed by atoms with van der Waals surface area (Å²) in [4.78, 5) is 13.3. The van der Waals surface area contributed by atoms with Crippen molar-refractivity contribution in [3.63, 3.8) is 0 Å². The van der Waals surface area contributed by atoms with Gasteiger partial charge >= 0.3 is 0 Å². The van der Waals surface area contributed by atoms with Crippen molar-refractivity contribution >= 4 is 28.4 Å². The Hall–Kier alpha value is -1.54. The third-order valence-electron chi connectivity index (χ3n) is 3.88. The van der Waals surface area contributed by atoms with Crippen LogP contribution in [-0.4, -0.2) is 10.6 Å². The molecule has 1 unspecified atom stereocenters. The largest absolute Gasteiger partial charge is 0.294 e. The lowest BCUT2D eigenvalue weighted by atomic mass is 9.89. The topological polar surface area (TPSA) is 17.1 Å². The van der Waals surface area contributed by atoms with Crippen LogP contribution in [-0.2, 0) is 6.42 Å². The van der Waals surface area contributed by atoms with Crippen LogP contribution in [0.1, 0.15) is 40.4 Å². The van der Waals surface area contributed by atoms with Crippen LogP contribution in [0, 0.1) is 12.8 Å². The Balaban J connectivity index is 2.23. The van der Waals surface area contributed by atoms with Gasteiger partial charge in [-0.1, -0.05) is 55.1 Å². The second kappa shape index (κ2) is 4.53. The van der Waals surface area contributed by atoms with E-state index in [0.29, 0.717) is 0 Å². The number of thiocarbonyl (C=S) groups is 1. The summed E-state index contributed by atoms with van der Waals surface area (Å²) < 4.78 is 0. The van der Waals surface area contributed by atoms with Gasteiger partial charge in [-0.3, -0.25) is 4.79 Å². The summed E-state index contributed by atoms with van der Waals surface area (Å²) in [6.07, 6.45) is 7.79. The number of Topliss-reactive ketones (excluding diaryl/α,β-unsaturated/α-hetero) is 1. The van der Waals surface area contributed by atoms with Gasteiger partial charge in [0.2, 0.25) is 0 Å². The highest BCUT2D eigenvalue weighted by molar-refractivity contribution is 7.81. The van der Waals surface area contributed by atoms with Gasteiger partial charge in [-0.2, -0.15) is 0 Å². The number of rotatable bonds is 1. The van der Waals surface area contributed by atoms with E-state index in [2.05, 4.69) is 25.1 Å². The second-order valence-electron chi connectivity index (χ2n) is 5.45. The Morgan fingerprint density at radius 1 is 1.32 bits per heavy atom. The maximum absolute atomic E-state index is 12.4. The van der Waals surface area contributed by atoms with E-state index in [0.717, 1.165) is 34.4 Å². The number of hydrogen-bond donors (Lipinski definition) is 0. The Morgan fingerprint density at radius 2 is 2.11 bits per heavy atom. The lowest BCUT2D eigenvalue weighted by molar-refractivity contribution is 0.0946. The summed E-state index contributed by atoms with van der Waals surface area (Å²) >= 11 is 5.46. The Bertz CT molecular complexity index is 649. The van der Waals surface area contributed by atoms with Crippen LogP contribution in [0.15, 0.2) is 30.4 Å². The monoisotopic (exact) mass is 268 g/mol. The first-order chi connectivity index (χ1) is 9.08. The van der Waals surface area contributed by atoms with Crippen LogP contribution < -0.4 is 0 Å². The molecular weight excluding hydrogens is 252 g/mol. The number of allylic oxidation sites excluding steroid dienone is 4. The molecule has 1 aromatic rings. The fourth-order valence-electron chi connectivity index (χ4n) is 2.98. The van der Waals surface area contributed by atoms with Gasteiger partial charge in [0.1, 0.15) is 0 Å². The van der Waals surface area contributed by atoms with Crippen LogP contribution in [0.25, 0.3) is 5.57 Å². The molecule has 1 aromatic carbocycles. The van der Waals surface area contributed by atoms with E-state index in [9.17, 15) is 4.79 Å². The number of hydrogen-bond acceptors (Lipinski definition) is 2. The summed E-state index contributed by atoms with van der Waals surface area (Å²) in [6.45, 7) is 4.09. The average Bonchev–Trinajstić information content (AvgIpc) is 2.64. The molecule has 0 spiro atoms. The zero-order chi connectivity index (χ0) is 13.6. The highest BCUT2D eigenvalue weighted by Gasteiger charge is 2.31. The lowest BCUT2D eigenvalue weighted by Gasteiger charge is -2.15. The predicted octanol–water partition coefficient (Wildman–Crippen LogP) is 4.08. The molecule has 1 atom stereocenters. The van der Waals surface area contributed by atoms with E-state index in [1.165, 1.54) is 11.1 Å². The standard InChI is InChI=1S/C17H16OS/c1-10-7-12-9-11(2)17(18)16(12)14(8-10)13-5-3-4-6-15(13)19/h3-5,7-8,11H,6,9H2,1-2H3. The molecule has 0 amide bonds. The van der Waals surface area contributed by atoms with Crippen LogP contribution in [0.5, 0.6) is 0 Å². The molecule has 1 nitrogen and oxygen atoms in total. The molecule has 0 saturated heterocycles. The van der Waals surface area contributed by atoms with Gasteiger partial charge in [0.05, 0.1) is 0 Å². The zero-order valence-corrected chi connectivity index (χ0v) is 12.0. The number of carbonyl (C=O) groups excluding carboxylic acids is 1. The number of ketones is 1. The molecule has 96 valence electrons. The van der Waals surface area contributed by atoms with Gasteiger partial charge in [-0.15, -0.1) is 0 Å². The van der Waals surface area contributed by atoms with E-state index < -0.39 is 0 Å². The first-order valence-electron chi connectivity index (χ1n) is 6.66. The SMILES string of the molecule is Cc1cc2c(c(C3=CC=CCC3=S)c1)C(=O)C(C)C2. The number of aryl methyl sites for hydroxylation is 1. The fraction of sp³-hybridized carbons (Fsp3) is 0.294. The van der Waals surface area contributed by atoms with Gasteiger partial charge in [0.15, 0.2) is 5.78 Å². The molecule has 0 fully saturated rings. The zero-order valence-electron chi connectivity index (χ0n) is 11.2.